The quantitative estimate of drug-likeness (QED) is 0.299. The fourth-order valence-corrected chi connectivity index (χ4v) is 5.12. The molecule has 10 heteroatoms. The molecule has 2 N–H and O–H groups in total. The third-order valence-electron chi connectivity index (χ3n) is 3.83. The van der Waals surface area contributed by atoms with E-state index in [2.05, 4.69) is 51.9 Å². The number of methoxy groups -OCH3 is 1. The number of carbonyl (C=O) groups is 1. The molecule has 0 spiro atoms. The van der Waals surface area contributed by atoms with Crippen LogP contribution >= 0.6 is 34.9 Å². The summed E-state index contributed by atoms with van der Waals surface area (Å²) in [6, 6.07) is 13.0. The van der Waals surface area contributed by atoms with Crippen molar-refractivity contribution in [2.75, 3.05) is 12.9 Å². The van der Waals surface area contributed by atoms with Crippen LogP contribution in [-0.4, -0.2) is 30.1 Å². The van der Waals surface area contributed by atoms with Gasteiger partial charge in [0.2, 0.25) is 4.34 Å². The predicted molar refractivity (Wildman–Crippen MR) is 118 cm³/mol. The summed E-state index contributed by atoms with van der Waals surface area (Å²) in [7, 11) is 1.43. The van der Waals surface area contributed by atoms with E-state index in [0.29, 0.717) is 5.56 Å². The van der Waals surface area contributed by atoms with Gasteiger partial charge in [-0.2, -0.15) is 5.10 Å². The molecule has 156 valence electrons. The highest BCUT2D eigenvalue weighted by Gasteiger charge is 2.13. The Morgan fingerprint density at radius 1 is 1.30 bits per heavy atom. The summed E-state index contributed by atoms with van der Waals surface area (Å²) in [6.07, 6.45) is 1.46. The minimum Gasteiger partial charge on any atom is -0.870 e. The number of aromatic amines is 1. The number of nitrogens with zero attached hydrogens (tertiary/aromatic N) is 2. The molecule has 0 aliphatic carbocycles. The molecule has 3 aromatic rings. The van der Waals surface area contributed by atoms with E-state index in [9.17, 15) is 9.90 Å². The van der Waals surface area contributed by atoms with Gasteiger partial charge in [0.1, 0.15) is 5.75 Å². The second-order valence-corrected chi connectivity index (χ2v) is 9.61. The van der Waals surface area contributed by atoms with E-state index in [4.69, 9.17) is 4.74 Å². The van der Waals surface area contributed by atoms with E-state index in [-0.39, 0.29) is 23.2 Å². The van der Waals surface area contributed by atoms with Gasteiger partial charge in [0.15, 0.2) is 0 Å². The van der Waals surface area contributed by atoms with E-state index in [1.165, 1.54) is 53.6 Å². The summed E-state index contributed by atoms with van der Waals surface area (Å²) in [5.41, 5.74) is 5.62. The summed E-state index contributed by atoms with van der Waals surface area (Å²) < 4.78 is 6.76. The zero-order valence-corrected chi connectivity index (χ0v) is 18.8. The standard InChI is InChI=1S/C20H20N4O3S3/c1-13-3-5-14(6-4-13)11-28-19-23-24-20(30-19)29-12-18(26)22-21-10-15-7-8-16(25)17(9-15)27-2/h3-10,25H,11-12H2,1-2H3,(H,22,26)/b21-10+. The largest absolute Gasteiger partial charge is 0.870 e. The molecule has 0 aliphatic heterocycles. The maximum atomic E-state index is 12.0. The lowest BCUT2D eigenvalue weighted by Crippen LogP contribution is -2.19. The van der Waals surface area contributed by atoms with Crippen LogP contribution in [-0.2, 0) is 10.5 Å². The minimum atomic E-state index is -0.243. The molecule has 30 heavy (non-hydrogen) atoms. The highest BCUT2D eigenvalue weighted by atomic mass is 32.2. The van der Waals surface area contributed by atoms with E-state index >= 15 is 0 Å². The molecule has 2 aromatic carbocycles. The van der Waals surface area contributed by atoms with Crippen LogP contribution in [0, 0.1) is 6.92 Å². The molecule has 1 heterocycles. The molecule has 7 nitrogen and oxygen atoms in total. The van der Waals surface area contributed by atoms with Crippen LogP contribution in [0.25, 0.3) is 0 Å². The van der Waals surface area contributed by atoms with Gasteiger partial charge in [-0.25, -0.2) is 5.43 Å². The first-order valence-electron chi connectivity index (χ1n) is 8.90. The Morgan fingerprint density at radius 3 is 2.87 bits per heavy atom. The van der Waals surface area contributed by atoms with Crippen LogP contribution in [0.5, 0.6) is 11.5 Å². The van der Waals surface area contributed by atoms with E-state index in [1.54, 1.807) is 23.9 Å². The van der Waals surface area contributed by atoms with Crippen LogP contribution < -0.4 is 20.4 Å². The van der Waals surface area contributed by atoms with Crippen molar-refractivity contribution >= 4 is 47.0 Å². The molecule has 1 amide bonds. The summed E-state index contributed by atoms with van der Waals surface area (Å²) >= 11 is 4.54. The number of hydrazone groups is 1. The molecule has 0 aliphatic rings. The predicted octanol–water partition coefficient (Wildman–Crippen LogP) is 2.88. The summed E-state index contributed by atoms with van der Waals surface area (Å²) in [5, 5.41) is 22.6. The first-order valence-corrected chi connectivity index (χ1v) is 11.7. The average molecular weight is 461 g/mol. The van der Waals surface area contributed by atoms with Crippen molar-refractivity contribution in [1.29, 1.82) is 0 Å². The maximum absolute atomic E-state index is 12.0. The smallest absolute Gasteiger partial charge is 0.323 e. The second-order valence-electron chi connectivity index (χ2n) is 6.15. The number of carbonyl (C=O) groups excluding carboxylic acids is 1. The van der Waals surface area contributed by atoms with E-state index in [1.807, 2.05) is 0 Å². The van der Waals surface area contributed by atoms with Gasteiger partial charge in [0, 0.05) is 10.9 Å². The number of aryl methyl sites for hydroxylation is 1. The number of thioether (sulfide) groups is 2. The van der Waals surface area contributed by atoms with Gasteiger partial charge >= 0.3 is 4.34 Å². The number of hydrogen-bond donors (Lipinski definition) is 1. The fraction of sp³-hybridized carbons (Fsp3) is 0.200. The third kappa shape index (κ3) is 6.75. The molecule has 0 fully saturated rings. The number of amides is 1. The van der Waals surface area contributed by atoms with Crippen molar-refractivity contribution in [3.8, 4) is 11.5 Å². The summed E-state index contributed by atoms with van der Waals surface area (Å²) in [6.45, 7) is 2.07. The Balaban J connectivity index is 1.42. The molecule has 0 unspecified atom stereocenters. The molecule has 0 atom stereocenters. The number of nitrogens with one attached hydrogen (secondary N) is 2. The minimum absolute atomic E-state index is 0.198. The molecule has 0 saturated heterocycles. The first-order chi connectivity index (χ1) is 14.5. The number of hydrogen-bond acceptors (Lipinski definition) is 8. The van der Waals surface area contributed by atoms with Crippen LogP contribution in [0.2, 0.25) is 0 Å². The zero-order chi connectivity index (χ0) is 21.3. The van der Waals surface area contributed by atoms with E-state index in [0.717, 1.165) is 14.4 Å². The van der Waals surface area contributed by atoms with Gasteiger partial charge in [-0.05, 0) is 47.2 Å². The van der Waals surface area contributed by atoms with Gasteiger partial charge in [-0.3, -0.25) is 4.79 Å². The summed E-state index contributed by atoms with van der Waals surface area (Å²) in [5.74, 6) is 0.844. The number of ether oxygens (including phenoxy) is 1. The Kier molecular flexibility index (Phi) is 8.12. The second kappa shape index (κ2) is 11.0. The number of aromatic nitrogens is 2. The molecule has 0 radical (unpaired) electrons. The van der Waals surface area contributed by atoms with Crippen LogP contribution in [0.1, 0.15) is 16.7 Å². The SMILES string of the molecule is COc1cc(/C=N/NC(=O)CSc2n[nH+]c(SCc3ccc(C)cc3)s2)ccc1[O-]. The van der Waals surface area contributed by atoms with Crippen molar-refractivity contribution in [2.45, 2.75) is 21.4 Å². The average Bonchev–Trinajstić information content (AvgIpc) is 3.21. The highest BCUT2D eigenvalue weighted by molar-refractivity contribution is 8.03. The van der Waals surface area contributed by atoms with Gasteiger partial charge < -0.3 is 9.84 Å². The number of rotatable bonds is 9. The molecular formula is C20H20N4O3S3. The van der Waals surface area contributed by atoms with Crippen LogP contribution in [0.3, 0.4) is 0 Å². The van der Waals surface area contributed by atoms with E-state index < -0.39 is 0 Å². The molecule has 0 saturated carbocycles. The zero-order valence-electron chi connectivity index (χ0n) is 16.4. The van der Waals surface area contributed by atoms with Crippen molar-refractivity contribution < 1.29 is 19.7 Å². The van der Waals surface area contributed by atoms with Crippen molar-refractivity contribution in [1.82, 2.24) is 10.5 Å². The normalized spacial score (nSPS) is 11.0. The van der Waals surface area contributed by atoms with Gasteiger partial charge in [0.25, 0.3) is 5.91 Å². The lowest BCUT2D eigenvalue weighted by atomic mass is 10.2. The summed E-state index contributed by atoms with van der Waals surface area (Å²) in [4.78, 5) is 12.0. The lowest BCUT2D eigenvalue weighted by molar-refractivity contribution is -0.492. The molecule has 3 rings (SSSR count). The Labute approximate surface area is 187 Å². The topological polar surface area (TPSA) is 101 Å². The Hall–Kier alpha value is -2.56. The lowest BCUT2D eigenvalue weighted by Gasteiger charge is -2.11. The van der Waals surface area contributed by atoms with Gasteiger partial charge in [0.05, 0.1) is 19.1 Å². The van der Waals surface area contributed by atoms with Crippen LogP contribution in [0.15, 0.2) is 56.2 Å². The van der Waals surface area contributed by atoms with Crippen molar-refractivity contribution in [3.05, 3.63) is 59.2 Å². The Bertz CT molecular complexity index is 1020. The number of benzene rings is 2. The van der Waals surface area contributed by atoms with Gasteiger partial charge in [-0.1, -0.05) is 64.6 Å². The van der Waals surface area contributed by atoms with Crippen LogP contribution in [0.4, 0.5) is 0 Å². The van der Waals surface area contributed by atoms with Crippen molar-refractivity contribution in [2.24, 2.45) is 5.10 Å². The third-order valence-corrected chi connectivity index (χ3v) is 7.15. The monoisotopic (exact) mass is 460 g/mol. The maximum Gasteiger partial charge on any atom is 0.323 e. The molecule has 0 bridgehead atoms. The fourth-order valence-electron chi connectivity index (χ4n) is 2.28. The Morgan fingerprint density at radius 2 is 2.10 bits per heavy atom. The molecule has 1 aromatic heterocycles. The molecular weight excluding hydrogens is 440 g/mol. The van der Waals surface area contributed by atoms with Gasteiger partial charge in [-0.15, -0.1) is 0 Å². The highest BCUT2D eigenvalue weighted by Crippen LogP contribution is 2.28. The number of H-pyrrole nitrogens is 1. The van der Waals surface area contributed by atoms with Crippen molar-refractivity contribution in [3.63, 3.8) is 0 Å². The first kappa shape index (κ1) is 22.1.